The molecule has 0 radical (unpaired) electrons. The zero-order valence-electron chi connectivity index (χ0n) is 11.3. The Bertz CT molecular complexity index is 568. The molecule has 0 bridgehead atoms. The van der Waals surface area contributed by atoms with Crippen LogP contribution in [0.1, 0.15) is 24.2 Å². The number of aryl methyl sites for hydroxylation is 2. The maximum atomic E-state index is 11.4. The second kappa shape index (κ2) is 5.42. The Hall–Kier alpha value is -0.590. The van der Waals surface area contributed by atoms with Crippen LogP contribution in [0.4, 0.5) is 0 Å². The van der Waals surface area contributed by atoms with E-state index in [-0.39, 0.29) is 17.7 Å². The van der Waals surface area contributed by atoms with Crippen molar-refractivity contribution in [2.45, 2.75) is 32.2 Å². The van der Waals surface area contributed by atoms with Crippen LogP contribution in [-0.2, 0) is 23.3 Å². The lowest BCUT2D eigenvalue weighted by atomic mass is 9.97. The molecule has 2 rings (SSSR count). The van der Waals surface area contributed by atoms with E-state index in [1.165, 1.54) is 0 Å². The van der Waals surface area contributed by atoms with Crippen LogP contribution in [0.3, 0.4) is 0 Å². The number of halogens is 1. The Balaban J connectivity index is 1.96. The van der Waals surface area contributed by atoms with Gasteiger partial charge in [-0.25, -0.2) is 8.42 Å². The Morgan fingerprint density at radius 3 is 2.74 bits per heavy atom. The number of hydrogen-bond donors (Lipinski definition) is 1. The van der Waals surface area contributed by atoms with E-state index in [1.54, 1.807) is 4.68 Å². The summed E-state index contributed by atoms with van der Waals surface area (Å²) in [6.45, 7) is 1.86. The molecule has 0 spiro atoms. The molecule has 1 aliphatic rings. The summed E-state index contributed by atoms with van der Waals surface area (Å²) < 4.78 is 24.6. The first-order valence-electron chi connectivity index (χ1n) is 6.42. The van der Waals surface area contributed by atoms with Gasteiger partial charge in [-0.1, -0.05) is 11.6 Å². The maximum Gasteiger partial charge on any atom is 0.150 e. The van der Waals surface area contributed by atoms with Crippen LogP contribution < -0.4 is 5.73 Å². The van der Waals surface area contributed by atoms with Crippen molar-refractivity contribution in [3.63, 3.8) is 0 Å². The quantitative estimate of drug-likeness (QED) is 0.903. The summed E-state index contributed by atoms with van der Waals surface area (Å²) in [6.07, 6.45) is 2.08. The highest BCUT2D eigenvalue weighted by molar-refractivity contribution is 7.91. The largest absolute Gasteiger partial charge is 0.327 e. The van der Waals surface area contributed by atoms with Gasteiger partial charge in [0.15, 0.2) is 9.84 Å². The first kappa shape index (κ1) is 14.8. The molecule has 0 amide bonds. The van der Waals surface area contributed by atoms with Crippen LogP contribution in [0.25, 0.3) is 0 Å². The van der Waals surface area contributed by atoms with Gasteiger partial charge in [0, 0.05) is 19.5 Å². The predicted molar refractivity (Wildman–Crippen MR) is 76.0 cm³/mol. The minimum absolute atomic E-state index is 0.0781. The molecule has 0 saturated carbocycles. The van der Waals surface area contributed by atoms with E-state index in [1.807, 2.05) is 14.0 Å². The van der Waals surface area contributed by atoms with Crippen molar-refractivity contribution >= 4 is 21.4 Å². The molecule has 1 aliphatic heterocycles. The predicted octanol–water partition coefficient (Wildman–Crippen LogP) is 1.08. The normalized spacial score (nSPS) is 23.7. The molecule has 2 N–H and O–H groups in total. The van der Waals surface area contributed by atoms with E-state index in [0.29, 0.717) is 17.2 Å². The van der Waals surface area contributed by atoms with Gasteiger partial charge in [0.1, 0.15) is 0 Å². The van der Waals surface area contributed by atoms with Crippen molar-refractivity contribution < 1.29 is 8.42 Å². The molecule has 108 valence electrons. The highest BCUT2D eigenvalue weighted by atomic mass is 35.5. The summed E-state index contributed by atoms with van der Waals surface area (Å²) in [7, 11) is -0.977. The van der Waals surface area contributed by atoms with Gasteiger partial charge in [0.2, 0.25) is 0 Å². The number of nitrogens with two attached hydrogens (primary N) is 1. The molecule has 1 saturated heterocycles. The average molecular weight is 306 g/mol. The van der Waals surface area contributed by atoms with E-state index >= 15 is 0 Å². The fourth-order valence-corrected chi connectivity index (χ4v) is 4.84. The maximum absolute atomic E-state index is 11.4. The molecular weight excluding hydrogens is 286 g/mol. The number of rotatable bonds is 4. The van der Waals surface area contributed by atoms with Gasteiger partial charge in [0.05, 0.1) is 27.9 Å². The molecule has 1 aromatic heterocycles. The fraction of sp³-hybridized carbons (Fsp3) is 0.750. The van der Waals surface area contributed by atoms with Crippen molar-refractivity contribution in [2.75, 3.05) is 11.5 Å². The minimum Gasteiger partial charge on any atom is -0.327 e. The van der Waals surface area contributed by atoms with E-state index < -0.39 is 9.84 Å². The van der Waals surface area contributed by atoms with E-state index in [0.717, 1.165) is 24.2 Å². The smallest absolute Gasteiger partial charge is 0.150 e. The van der Waals surface area contributed by atoms with Gasteiger partial charge >= 0.3 is 0 Å². The average Bonchev–Trinajstić information content (AvgIpc) is 2.74. The van der Waals surface area contributed by atoms with Crippen molar-refractivity contribution in [1.29, 1.82) is 0 Å². The standard InChI is InChI=1S/C12H20ClN3O2S/c1-8-12(13)11(16(2)15-8)6-10(14)5-9-3-4-19(17,18)7-9/h9-10H,3-7,14H2,1-2H3. The first-order chi connectivity index (χ1) is 8.78. The summed E-state index contributed by atoms with van der Waals surface area (Å²) in [5, 5.41) is 4.92. The molecule has 2 unspecified atom stereocenters. The SMILES string of the molecule is Cc1nn(C)c(CC(N)CC2CCS(=O)(=O)C2)c1Cl. The van der Waals surface area contributed by atoms with Crippen molar-refractivity contribution in [1.82, 2.24) is 9.78 Å². The minimum atomic E-state index is -2.83. The summed E-state index contributed by atoms with van der Waals surface area (Å²) in [5.74, 6) is 0.766. The number of aromatic nitrogens is 2. The third-order valence-corrected chi connectivity index (χ3v) is 6.01. The van der Waals surface area contributed by atoms with Crippen LogP contribution in [0.5, 0.6) is 0 Å². The lowest BCUT2D eigenvalue weighted by molar-refractivity contribution is 0.461. The second-order valence-electron chi connectivity index (χ2n) is 5.44. The monoisotopic (exact) mass is 305 g/mol. The van der Waals surface area contributed by atoms with Crippen LogP contribution in [0, 0.1) is 12.8 Å². The van der Waals surface area contributed by atoms with E-state index in [2.05, 4.69) is 5.10 Å². The highest BCUT2D eigenvalue weighted by Gasteiger charge is 2.29. The lowest BCUT2D eigenvalue weighted by Crippen LogP contribution is -2.27. The van der Waals surface area contributed by atoms with Crippen molar-refractivity contribution in [2.24, 2.45) is 18.7 Å². The van der Waals surface area contributed by atoms with Crippen LogP contribution in [-0.4, -0.2) is 35.7 Å². The topological polar surface area (TPSA) is 78.0 Å². The molecular formula is C12H20ClN3O2S. The Kier molecular flexibility index (Phi) is 4.23. The third kappa shape index (κ3) is 3.49. The molecule has 19 heavy (non-hydrogen) atoms. The summed E-state index contributed by atoms with van der Waals surface area (Å²) in [5.41, 5.74) is 7.85. The Morgan fingerprint density at radius 1 is 1.58 bits per heavy atom. The second-order valence-corrected chi connectivity index (χ2v) is 8.05. The molecule has 0 aromatic carbocycles. The molecule has 5 nitrogen and oxygen atoms in total. The Morgan fingerprint density at radius 2 is 2.26 bits per heavy atom. The van der Waals surface area contributed by atoms with E-state index in [4.69, 9.17) is 17.3 Å². The summed E-state index contributed by atoms with van der Waals surface area (Å²) in [4.78, 5) is 0. The Labute approximate surface area is 119 Å². The molecule has 1 fully saturated rings. The van der Waals surface area contributed by atoms with Crippen molar-refractivity contribution in [3.05, 3.63) is 16.4 Å². The molecule has 0 aliphatic carbocycles. The molecule has 2 heterocycles. The van der Waals surface area contributed by atoms with Gasteiger partial charge in [-0.2, -0.15) is 5.10 Å². The van der Waals surface area contributed by atoms with Gasteiger partial charge in [0.25, 0.3) is 0 Å². The van der Waals surface area contributed by atoms with Crippen LogP contribution >= 0.6 is 11.6 Å². The van der Waals surface area contributed by atoms with Crippen molar-refractivity contribution in [3.8, 4) is 0 Å². The highest BCUT2D eigenvalue weighted by Crippen LogP contribution is 2.25. The summed E-state index contributed by atoms with van der Waals surface area (Å²) >= 11 is 6.19. The van der Waals surface area contributed by atoms with Gasteiger partial charge in [-0.15, -0.1) is 0 Å². The summed E-state index contributed by atoms with van der Waals surface area (Å²) in [6, 6.07) is -0.0781. The number of sulfone groups is 1. The number of hydrogen-bond acceptors (Lipinski definition) is 4. The lowest BCUT2D eigenvalue weighted by Gasteiger charge is -2.15. The molecule has 7 heteroatoms. The first-order valence-corrected chi connectivity index (χ1v) is 8.62. The zero-order valence-corrected chi connectivity index (χ0v) is 12.8. The van der Waals surface area contributed by atoms with Gasteiger partial charge < -0.3 is 5.73 Å². The molecule has 2 atom stereocenters. The zero-order chi connectivity index (χ0) is 14.2. The third-order valence-electron chi connectivity index (χ3n) is 3.68. The van der Waals surface area contributed by atoms with Gasteiger partial charge in [-0.05, 0) is 25.7 Å². The van der Waals surface area contributed by atoms with Gasteiger partial charge in [-0.3, -0.25) is 4.68 Å². The fourth-order valence-electron chi connectivity index (χ4n) is 2.72. The van der Waals surface area contributed by atoms with Crippen LogP contribution in [0.2, 0.25) is 5.02 Å². The number of nitrogens with zero attached hydrogens (tertiary/aromatic N) is 2. The van der Waals surface area contributed by atoms with Crippen LogP contribution in [0.15, 0.2) is 0 Å². The molecule has 1 aromatic rings. The van der Waals surface area contributed by atoms with E-state index in [9.17, 15) is 8.42 Å².